The average Bonchev–Trinajstić information content (AvgIpc) is 2.14. The van der Waals surface area contributed by atoms with Crippen molar-refractivity contribution < 1.29 is 19.1 Å². The molecular formula is C9H17NO4. The molecule has 0 aliphatic heterocycles. The number of carbonyl (C=O) groups excluding carboxylic acids is 2. The number of carbonyl (C=O) groups is 2. The molecule has 0 amide bonds. The highest BCUT2D eigenvalue weighted by Crippen LogP contribution is 1.94. The Labute approximate surface area is 83.5 Å². The van der Waals surface area contributed by atoms with Crippen LogP contribution in [0.1, 0.15) is 20.3 Å². The highest BCUT2D eigenvalue weighted by molar-refractivity contribution is 5.88. The van der Waals surface area contributed by atoms with Crippen LogP contribution in [0.3, 0.4) is 0 Å². The first-order chi connectivity index (χ1) is 6.61. The molecule has 0 fully saturated rings. The van der Waals surface area contributed by atoms with Crippen LogP contribution in [0, 0.1) is 0 Å². The fourth-order valence-electron chi connectivity index (χ4n) is 0.823. The van der Waals surface area contributed by atoms with Crippen LogP contribution in [-0.2, 0) is 19.1 Å². The Kier molecular flexibility index (Phi) is 6.96. The zero-order valence-corrected chi connectivity index (χ0v) is 8.62. The minimum atomic E-state index is -0.819. The van der Waals surface area contributed by atoms with Crippen LogP contribution >= 0.6 is 0 Å². The molecule has 5 nitrogen and oxygen atoms in total. The number of rotatable bonds is 7. The fraction of sp³-hybridized carbons (Fsp3) is 0.778. The Bertz CT molecular complexity index is 193. The van der Waals surface area contributed by atoms with E-state index in [0.29, 0.717) is 13.2 Å². The molecule has 0 spiro atoms. The van der Waals surface area contributed by atoms with Gasteiger partial charge in [0, 0.05) is 6.61 Å². The summed E-state index contributed by atoms with van der Waals surface area (Å²) in [6.07, 6.45) is -0.0836. The van der Waals surface area contributed by atoms with Gasteiger partial charge in [-0.2, -0.15) is 0 Å². The highest BCUT2D eigenvalue weighted by atomic mass is 16.5. The van der Waals surface area contributed by atoms with E-state index >= 15 is 0 Å². The zero-order valence-electron chi connectivity index (χ0n) is 8.62. The van der Waals surface area contributed by atoms with Crippen molar-refractivity contribution in [3.63, 3.8) is 0 Å². The first kappa shape index (κ1) is 13.1. The van der Waals surface area contributed by atoms with Crippen LogP contribution in [0.25, 0.3) is 0 Å². The molecule has 1 unspecified atom stereocenters. The van der Waals surface area contributed by atoms with E-state index in [1.807, 2.05) is 0 Å². The van der Waals surface area contributed by atoms with Gasteiger partial charge in [0.05, 0.1) is 19.1 Å². The molecule has 0 heterocycles. The maximum atomic E-state index is 11.2. The number of hydrogen-bond acceptors (Lipinski definition) is 5. The summed E-state index contributed by atoms with van der Waals surface area (Å²) >= 11 is 0. The predicted octanol–water partition coefficient (Wildman–Crippen LogP) is -0.127. The summed E-state index contributed by atoms with van der Waals surface area (Å²) in [7, 11) is 0. The van der Waals surface area contributed by atoms with E-state index in [0.717, 1.165) is 0 Å². The van der Waals surface area contributed by atoms with Crippen molar-refractivity contribution in [1.29, 1.82) is 0 Å². The number of Topliss-reactive ketones (excluding diaryl/α,β-unsaturated/α-hetero) is 1. The van der Waals surface area contributed by atoms with Crippen molar-refractivity contribution in [2.45, 2.75) is 26.3 Å². The van der Waals surface area contributed by atoms with Crippen LogP contribution in [0.2, 0.25) is 0 Å². The second-order valence-corrected chi connectivity index (χ2v) is 2.72. The Morgan fingerprint density at radius 2 is 1.93 bits per heavy atom. The van der Waals surface area contributed by atoms with E-state index in [1.165, 1.54) is 0 Å². The van der Waals surface area contributed by atoms with Gasteiger partial charge in [-0.3, -0.25) is 9.59 Å². The van der Waals surface area contributed by atoms with Gasteiger partial charge < -0.3 is 15.2 Å². The van der Waals surface area contributed by atoms with Crippen molar-refractivity contribution in [1.82, 2.24) is 0 Å². The molecule has 14 heavy (non-hydrogen) atoms. The van der Waals surface area contributed by atoms with Gasteiger partial charge in [0.1, 0.15) is 6.61 Å². The van der Waals surface area contributed by atoms with Crippen molar-refractivity contribution in [2.75, 3.05) is 19.8 Å². The van der Waals surface area contributed by atoms with E-state index in [2.05, 4.69) is 4.74 Å². The lowest BCUT2D eigenvalue weighted by atomic mass is 10.1. The molecule has 0 aromatic heterocycles. The third kappa shape index (κ3) is 5.66. The van der Waals surface area contributed by atoms with Crippen molar-refractivity contribution in [3.8, 4) is 0 Å². The molecule has 0 bridgehead atoms. The summed E-state index contributed by atoms with van der Waals surface area (Å²) in [5, 5.41) is 0. The molecule has 0 saturated heterocycles. The lowest BCUT2D eigenvalue weighted by Gasteiger charge is -2.09. The largest absolute Gasteiger partial charge is 0.466 e. The van der Waals surface area contributed by atoms with Gasteiger partial charge in [0.15, 0.2) is 5.78 Å². The van der Waals surface area contributed by atoms with Gasteiger partial charge in [-0.1, -0.05) is 0 Å². The smallest absolute Gasteiger partial charge is 0.307 e. The van der Waals surface area contributed by atoms with E-state index in [9.17, 15) is 9.59 Å². The van der Waals surface area contributed by atoms with Gasteiger partial charge in [-0.15, -0.1) is 0 Å². The van der Waals surface area contributed by atoms with Gasteiger partial charge >= 0.3 is 5.97 Å². The van der Waals surface area contributed by atoms with Crippen molar-refractivity contribution in [3.05, 3.63) is 0 Å². The summed E-state index contributed by atoms with van der Waals surface area (Å²) in [5.41, 5.74) is 5.46. The Hall–Kier alpha value is -0.940. The molecule has 0 aromatic carbocycles. The van der Waals surface area contributed by atoms with Crippen LogP contribution < -0.4 is 5.73 Å². The van der Waals surface area contributed by atoms with Gasteiger partial charge in [-0.25, -0.2) is 0 Å². The molecule has 0 aliphatic carbocycles. The summed E-state index contributed by atoms with van der Waals surface area (Å²) < 4.78 is 9.53. The molecule has 0 radical (unpaired) electrons. The number of ketones is 1. The van der Waals surface area contributed by atoms with Crippen LogP contribution in [0.4, 0.5) is 0 Å². The number of nitrogens with two attached hydrogens (primary N) is 1. The molecule has 0 aromatic rings. The monoisotopic (exact) mass is 203 g/mol. The summed E-state index contributed by atoms with van der Waals surface area (Å²) in [4.78, 5) is 22.1. The van der Waals surface area contributed by atoms with Gasteiger partial charge in [0.25, 0.3) is 0 Å². The highest BCUT2D eigenvalue weighted by Gasteiger charge is 2.17. The molecule has 0 aliphatic rings. The fourth-order valence-corrected chi connectivity index (χ4v) is 0.823. The van der Waals surface area contributed by atoms with Crippen LogP contribution in [-0.4, -0.2) is 37.6 Å². The number of esters is 1. The van der Waals surface area contributed by atoms with E-state index in [-0.39, 0.29) is 18.8 Å². The molecule has 0 saturated carbocycles. The molecule has 2 N–H and O–H groups in total. The molecule has 5 heteroatoms. The topological polar surface area (TPSA) is 78.6 Å². The molecule has 0 rings (SSSR count). The Balaban J connectivity index is 3.76. The molecule has 82 valence electrons. The van der Waals surface area contributed by atoms with Gasteiger partial charge in [-0.05, 0) is 13.8 Å². The van der Waals surface area contributed by atoms with E-state index in [4.69, 9.17) is 10.5 Å². The summed E-state index contributed by atoms with van der Waals surface area (Å²) in [5.74, 6) is -0.732. The van der Waals surface area contributed by atoms with Crippen LogP contribution in [0.15, 0.2) is 0 Å². The number of hydrogen-bond donors (Lipinski definition) is 1. The second kappa shape index (κ2) is 7.46. The third-order valence-electron chi connectivity index (χ3n) is 1.55. The molecule has 1 atom stereocenters. The Morgan fingerprint density at radius 3 is 2.43 bits per heavy atom. The van der Waals surface area contributed by atoms with Crippen LogP contribution in [0.5, 0.6) is 0 Å². The average molecular weight is 203 g/mol. The normalized spacial score (nSPS) is 12.2. The zero-order chi connectivity index (χ0) is 11.0. The Morgan fingerprint density at radius 1 is 1.29 bits per heavy atom. The van der Waals surface area contributed by atoms with E-state index in [1.54, 1.807) is 13.8 Å². The van der Waals surface area contributed by atoms with Gasteiger partial charge in [0.2, 0.25) is 0 Å². The first-order valence-corrected chi connectivity index (χ1v) is 4.63. The quantitative estimate of drug-likeness (QED) is 0.583. The minimum Gasteiger partial charge on any atom is -0.466 e. The number of ether oxygens (including phenoxy) is 2. The SMILES string of the molecule is CCOCC(=O)C(N)CC(=O)OCC. The van der Waals surface area contributed by atoms with Crippen molar-refractivity contribution >= 4 is 11.8 Å². The first-order valence-electron chi connectivity index (χ1n) is 4.63. The lowest BCUT2D eigenvalue weighted by Crippen LogP contribution is -2.36. The molecular weight excluding hydrogens is 186 g/mol. The maximum Gasteiger partial charge on any atom is 0.307 e. The minimum absolute atomic E-state index is 0.0446. The second-order valence-electron chi connectivity index (χ2n) is 2.72. The summed E-state index contributed by atoms with van der Waals surface area (Å²) in [6, 6.07) is -0.819. The van der Waals surface area contributed by atoms with Crippen molar-refractivity contribution in [2.24, 2.45) is 5.73 Å². The maximum absolute atomic E-state index is 11.2. The lowest BCUT2D eigenvalue weighted by molar-refractivity contribution is -0.145. The summed E-state index contributed by atoms with van der Waals surface area (Å²) in [6.45, 7) is 4.19. The standard InChI is InChI=1S/C9H17NO4/c1-3-13-6-8(11)7(10)5-9(12)14-4-2/h7H,3-6,10H2,1-2H3. The van der Waals surface area contributed by atoms with E-state index < -0.39 is 12.0 Å². The third-order valence-corrected chi connectivity index (χ3v) is 1.55. The predicted molar refractivity (Wildman–Crippen MR) is 50.7 cm³/mol.